The van der Waals surface area contributed by atoms with Crippen LogP contribution in [0.3, 0.4) is 0 Å². The summed E-state index contributed by atoms with van der Waals surface area (Å²) < 4.78 is 0. The Bertz CT molecular complexity index is 1100. The van der Waals surface area contributed by atoms with Crippen molar-refractivity contribution in [1.82, 2.24) is 15.0 Å². The van der Waals surface area contributed by atoms with Gasteiger partial charge in [-0.1, -0.05) is 11.6 Å². The number of anilines is 1. The number of nitrogens with zero attached hydrogens (tertiary/aromatic N) is 3. The third-order valence-electron chi connectivity index (χ3n) is 4.55. The van der Waals surface area contributed by atoms with Gasteiger partial charge in [-0.05, 0) is 44.0 Å². The van der Waals surface area contributed by atoms with E-state index in [0.29, 0.717) is 28.0 Å². The number of hydrogen-bond donors (Lipinski definition) is 2. The van der Waals surface area contributed by atoms with Crippen LogP contribution in [0.25, 0.3) is 10.9 Å². The van der Waals surface area contributed by atoms with Gasteiger partial charge in [0.05, 0.1) is 23.5 Å². The predicted molar refractivity (Wildman–Crippen MR) is 100 cm³/mol. The van der Waals surface area contributed by atoms with E-state index in [1.165, 1.54) is 0 Å². The van der Waals surface area contributed by atoms with Crippen molar-refractivity contribution in [2.45, 2.75) is 31.7 Å². The maximum atomic E-state index is 12.4. The van der Waals surface area contributed by atoms with Crippen LogP contribution in [0, 0.1) is 11.3 Å². The number of hydrogen-bond acceptors (Lipinski definition) is 5. The van der Waals surface area contributed by atoms with Crippen LogP contribution >= 0.6 is 11.6 Å². The van der Waals surface area contributed by atoms with E-state index < -0.39 is 0 Å². The monoisotopic (exact) mass is 365 g/mol. The van der Waals surface area contributed by atoms with Gasteiger partial charge in [0, 0.05) is 27.4 Å². The molecule has 1 saturated carbocycles. The third-order valence-corrected chi connectivity index (χ3v) is 4.78. The van der Waals surface area contributed by atoms with E-state index >= 15 is 0 Å². The molecule has 3 aromatic rings. The molecule has 6 nitrogen and oxygen atoms in total. The first kappa shape index (κ1) is 16.6. The number of benzene rings is 1. The second-order valence-electron chi connectivity index (χ2n) is 6.53. The molecule has 1 fully saturated rings. The van der Waals surface area contributed by atoms with E-state index in [0.717, 1.165) is 29.4 Å². The molecule has 0 amide bonds. The van der Waals surface area contributed by atoms with E-state index in [1.807, 2.05) is 19.1 Å². The maximum absolute atomic E-state index is 12.4. The minimum atomic E-state index is -0.304. The first-order valence-electron chi connectivity index (χ1n) is 8.41. The normalized spacial score (nSPS) is 14.8. The van der Waals surface area contributed by atoms with Crippen molar-refractivity contribution in [3.05, 3.63) is 62.7 Å². The number of halogens is 1. The van der Waals surface area contributed by atoms with Crippen LogP contribution in [-0.2, 0) is 0 Å². The largest absolute Gasteiger partial charge is 0.347 e. The smallest absolute Gasteiger partial charge is 0.253 e. The number of aromatic nitrogens is 3. The summed E-state index contributed by atoms with van der Waals surface area (Å²) in [6.07, 6.45) is 3.64. The highest BCUT2D eigenvalue weighted by molar-refractivity contribution is 6.31. The van der Waals surface area contributed by atoms with Crippen molar-refractivity contribution in [3.8, 4) is 6.07 Å². The number of nitriles is 1. The number of H-pyrrole nitrogens is 1. The van der Waals surface area contributed by atoms with Crippen molar-refractivity contribution < 1.29 is 0 Å². The fourth-order valence-corrected chi connectivity index (χ4v) is 3.19. The highest BCUT2D eigenvalue weighted by Crippen LogP contribution is 2.40. The van der Waals surface area contributed by atoms with E-state index in [-0.39, 0.29) is 11.6 Å². The van der Waals surface area contributed by atoms with Crippen molar-refractivity contribution in [2.75, 3.05) is 5.32 Å². The van der Waals surface area contributed by atoms with Crippen LogP contribution in [0.15, 0.2) is 35.3 Å². The van der Waals surface area contributed by atoms with Gasteiger partial charge < -0.3 is 10.3 Å². The van der Waals surface area contributed by atoms with Gasteiger partial charge in [-0.25, -0.2) is 9.97 Å². The standard InChI is InChI=1S/C19H16ClN5O/c1-10(15-7-12-6-14(20)4-5-16(12)24-18(15)26)23-19-22-9-13(8-21)17(25-19)11-2-3-11/h4-7,9-11H,2-3H2,1H3,(H,24,26)(H,22,23,25)/t10-/m0/s1. The molecule has 2 N–H and O–H groups in total. The molecule has 0 aliphatic heterocycles. The summed E-state index contributed by atoms with van der Waals surface area (Å²) in [6.45, 7) is 1.87. The molecule has 2 aromatic heterocycles. The number of fused-ring (bicyclic) bond motifs is 1. The Morgan fingerprint density at radius 2 is 2.19 bits per heavy atom. The zero-order valence-corrected chi connectivity index (χ0v) is 14.8. The highest BCUT2D eigenvalue weighted by Gasteiger charge is 2.28. The molecule has 0 saturated heterocycles. The Labute approximate surface area is 154 Å². The highest BCUT2D eigenvalue weighted by atomic mass is 35.5. The molecule has 1 aromatic carbocycles. The molecule has 0 radical (unpaired) electrons. The Kier molecular flexibility index (Phi) is 4.09. The zero-order valence-electron chi connectivity index (χ0n) is 14.1. The first-order valence-corrected chi connectivity index (χ1v) is 8.79. The quantitative estimate of drug-likeness (QED) is 0.731. The molecule has 1 atom stereocenters. The molecule has 0 unspecified atom stereocenters. The maximum Gasteiger partial charge on any atom is 0.253 e. The number of nitrogens with one attached hydrogen (secondary N) is 2. The SMILES string of the molecule is C[C@H](Nc1ncc(C#N)c(C2CC2)n1)c1cc2cc(Cl)ccc2[nH]c1=O. The second kappa shape index (κ2) is 6.43. The second-order valence-corrected chi connectivity index (χ2v) is 6.97. The molecule has 0 spiro atoms. The fraction of sp³-hybridized carbons (Fsp3) is 0.263. The molecule has 0 bridgehead atoms. The lowest BCUT2D eigenvalue weighted by Gasteiger charge is -2.15. The lowest BCUT2D eigenvalue weighted by Crippen LogP contribution is -2.20. The summed E-state index contributed by atoms with van der Waals surface area (Å²) in [5.74, 6) is 0.763. The van der Waals surface area contributed by atoms with Crippen molar-refractivity contribution >= 4 is 28.5 Å². The topological polar surface area (TPSA) is 94.5 Å². The molecular formula is C19H16ClN5O. The van der Waals surface area contributed by atoms with E-state index in [9.17, 15) is 10.1 Å². The Morgan fingerprint density at radius 1 is 1.38 bits per heavy atom. The summed E-state index contributed by atoms with van der Waals surface area (Å²) >= 11 is 6.05. The lowest BCUT2D eigenvalue weighted by molar-refractivity contribution is 0.836. The fourth-order valence-electron chi connectivity index (χ4n) is 3.01. The Morgan fingerprint density at radius 3 is 2.92 bits per heavy atom. The van der Waals surface area contributed by atoms with Gasteiger partial charge in [0.15, 0.2) is 0 Å². The third kappa shape index (κ3) is 3.14. The minimum absolute atomic E-state index is 0.170. The van der Waals surface area contributed by atoms with Crippen molar-refractivity contribution in [1.29, 1.82) is 5.26 Å². The van der Waals surface area contributed by atoms with Crippen LogP contribution in [0.1, 0.15) is 48.5 Å². The Balaban J connectivity index is 1.66. The van der Waals surface area contributed by atoms with Crippen LogP contribution < -0.4 is 10.9 Å². The molecule has 2 heterocycles. The van der Waals surface area contributed by atoms with E-state index in [1.54, 1.807) is 18.3 Å². The van der Waals surface area contributed by atoms with E-state index in [2.05, 4.69) is 26.3 Å². The number of rotatable bonds is 4. The molecule has 26 heavy (non-hydrogen) atoms. The average molecular weight is 366 g/mol. The predicted octanol–water partition coefficient (Wildman–Crippen LogP) is 3.89. The molecule has 1 aliphatic carbocycles. The van der Waals surface area contributed by atoms with E-state index in [4.69, 9.17) is 11.6 Å². The summed E-state index contributed by atoms with van der Waals surface area (Å²) in [7, 11) is 0. The van der Waals surface area contributed by atoms with Gasteiger partial charge in [0.2, 0.25) is 5.95 Å². The van der Waals surface area contributed by atoms with Gasteiger partial charge in [-0.15, -0.1) is 0 Å². The summed E-state index contributed by atoms with van der Waals surface area (Å²) in [5, 5.41) is 13.8. The summed E-state index contributed by atoms with van der Waals surface area (Å²) in [5.41, 5.74) is 2.44. The van der Waals surface area contributed by atoms with Crippen LogP contribution in [0.2, 0.25) is 5.02 Å². The van der Waals surface area contributed by atoms with Gasteiger partial charge in [-0.3, -0.25) is 4.79 Å². The molecule has 1 aliphatic rings. The summed E-state index contributed by atoms with van der Waals surface area (Å²) in [4.78, 5) is 24.0. The average Bonchev–Trinajstić information content (AvgIpc) is 3.46. The van der Waals surface area contributed by atoms with Crippen molar-refractivity contribution in [2.24, 2.45) is 0 Å². The van der Waals surface area contributed by atoms with Crippen LogP contribution in [0.5, 0.6) is 0 Å². The first-order chi connectivity index (χ1) is 12.5. The molecule has 4 rings (SSSR count). The molecule has 7 heteroatoms. The minimum Gasteiger partial charge on any atom is -0.347 e. The summed E-state index contributed by atoms with van der Waals surface area (Å²) in [6, 6.07) is 9.00. The van der Waals surface area contributed by atoms with Crippen LogP contribution in [-0.4, -0.2) is 15.0 Å². The zero-order chi connectivity index (χ0) is 18.3. The number of pyridine rings is 1. The van der Waals surface area contributed by atoms with Gasteiger partial charge in [0.1, 0.15) is 6.07 Å². The number of aromatic amines is 1. The van der Waals surface area contributed by atoms with Crippen molar-refractivity contribution in [3.63, 3.8) is 0 Å². The molecular weight excluding hydrogens is 350 g/mol. The lowest BCUT2D eigenvalue weighted by atomic mass is 10.1. The Hall–Kier alpha value is -2.91. The van der Waals surface area contributed by atoms with Crippen LogP contribution in [0.4, 0.5) is 5.95 Å². The molecule has 130 valence electrons. The van der Waals surface area contributed by atoms with Gasteiger partial charge >= 0.3 is 0 Å². The van der Waals surface area contributed by atoms with Gasteiger partial charge in [0.25, 0.3) is 5.56 Å². The van der Waals surface area contributed by atoms with Gasteiger partial charge in [-0.2, -0.15) is 5.26 Å².